The first-order chi connectivity index (χ1) is 34.6. The average Bonchev–Trinajstić information content (AvgIpc) is 3.37. The molecule has 75 heavy (non-hydrogen) atoms. The maximum absolute atomic E-state index is 12.2. The van der Waals surface area contributed by atoms with Gasteiger partial charge in [0, 0.05) is 16.7 Å². The number of aliphatic hydroxyl groups excluding tert-OH is 18. The van der Waals surface area contributed by atoms with Crippen LogP contribution in [0.4, 0.5) is 39.5 Å². The largest absolute Gasteiger partial charge is 0.388 e. The maximum atomic E-state index is 12.2. The molecule has 0 saturated carbocycles. The molecule has 6 rings (SSSR count). The number of halogens is 9. The highest BCUT2D eigenvalue weighted by molar-refractivity contribution is 5.26. The van der Waals surface area contributed by atoms with Gasteiger partial charge in [-0.05, 0) is 16.7 Å². The molecule has 0 heterocycles. The summed E-state index contributed by atoms with van der Waals surface area (Å²) in [4.78, 5) is 0. The summed E-state index contributed by atoms with van der Waals surface area (Å²) in [6.45, 7) is -2.59. The predicted molar refractivity (Wildman–Crippen MR) is 240 cm³/mol. The lowest BCUT2D eigenvalue weighted by Gasteiger charge is -2.32. The Morgan fingerprint density at radius 1 is 0.267 bits per heavy atom. The van der Waals surface area contributed by atoms with Crippen molar-refractivity contribution in [1.82, 2.24) is 0 Å². The van der Waals surface area contributed by atoms with E-state index in [1.165, 1.54) is 18.2 Å². The van der Waals surface area contributed by atoms with E-state index in [0.29, 0.717) is 0 Å². The Labute approximate surface area is 420 Å². The van der Waals surface area contributed by atoms with Crippen LogP contribution in [0.15, 0.2) is 69.9 Å². The van der Waals surface area contributed by atoms with E-state index in [4.69, 9.17) is 126 Å². The number of alkyl halides is 9. The minimum Gasteiger partial charge on any atom is -0.388 e. The molecule has 0 aromatic carbocycles. The van der Waals surface area contributed by atoms with E-state index in [1.54, 1.807) is 0 Å². The molecule has 24 atom stereocenters. The molecule has 30 N–H and O–H groups in total. The van der Waals surface area contributed by atoms with Crippen LogP contribution in [0.25, 0.3) is 0 Å². The van der Waals surface area contributed by atoms with Crippen LogP contribution in [-0.4, -0.2) is 277 Å². The van der Waals surface area contributed by atoms with Crippen LogP contribution in [0.5, 0.6) is 0 Å². The van der Waals surface area contributed by atoms with Crippen LogP contribution in [0.2, 0.25) is 0 Å². The third kappa shape index (κ3) is 18.5. The summed E-state index contributed by atoms with van der Waals surface area (Å²) >= 11 is 0. The number of aliphatic hydroxyl groups is 18. The Balaban J connectivity index is 0.000000450. The summed E-state index contributed by atoms with van der Waals surface area (Å²) in [5.41, 5.74) is 29.9. The molecule has 24 nitrogen and oxygen atoms in total. The molecule has 438 valence electrons. The topological polar surface area (TPSA) is 520 Å². The summed E-state index contributed by atoms with van der Waals surface area (Å²) in [6.07, 6.45) is -28.5. The summed E-state index contributed by atoms with van der Waals surface area (Å²) in [7, 11) is 0. The van der Waals surface area contributed by atoms with Crippen molar-refractivity contribution in [2.24, 2.45) is 34.4 Å². The second kappa shape index (κ2) is 31.4. The van der Waals surface area contributed by atoms with Gasteiger partial charge in [-0.2, -0.15) is 0 Å². The second-order valence-corrected chi connectivity index (χ2v) is 17.5. The third-order valence-corrected chi connectivity index (χ3v) is 12.2. The molecular weight excluding hydrogens is 1050 g/mol. The zero-order valence-corrected chi connectivity index (χ0v) is 39.1. The normalized spacial score (nSPS) is 41.6. The van der Waals surface area contributed by atoms with E-state index >= 15 is 0 Å². The van der Waals surface area contributed by atoms with E-state index in [1.807, 2.05) is 0 Å². The standard InChI is InChI=1S/3C7H11F2NO3.3C7H12FNO3/c3*8-7(9)2-1-3(10)5(12)6(13)4(2)11;3*8-2-3-1-4(9)6(11)7(12)5(3)10/h3*1,3-7,11-13H,10H2;3*1,4-7,10-12H,2,9H2/t3?,4-,5-,6-;3-,4+,5+,6+;3-,4-,5-,6-;4?,5-,6-,7-;4-,5+,6+,7+;4-,5-,6-,7-/m010010/s1. The Morgan fingerprint density at radius 3 is 0.560 bits per heavy atom. The Kier molecular flexibility index (Phi) is 29.3. The number of rotatable bonds is 6. The summed E-state index contributed by atoms with van der Waals surface area (Å²) in [6, 6.07) is -5.63. The SMILES string of the molecule is NC1C=C(C(F)F)[C@H](O)[C@H](O)[C@H]1O.NC1C=C(CF)[C@H](O)[C@H](O)[C@H]1O.N[C@@H]1C=C(C(F)F)[C@H](O)[C@H](O)[C@H]1O.N[C@@H]1C=C(CF)[C@H](O)[C@H](O)[C@H]1O.N[C@H]1C=C(C(F)F)[C@H](O)[C@H](O)[C@H]1O.N[C@H]1C=C(CF)[C@H](O)[C@H](O)[C@H]1O. The zero-order chi connectivity index (χ0) is 58.4. The molecule has 6 aliphatic carbocycles. The third-order valence-electron chi connectivity index (χ3n) is 12.2. The Bertz CT molecular complexity index is 1730. The van der Waals surface area contributed by atoms with Gasteiger partial charge >= 0.3 is 0 Å². The summed E-state index contributed by atoms with van der Waals surface area (Å²) in [5, 5.41) is 164. The molecule has 0 radical (unpaired) electrons. The lowest BCUT2D eigenvalue weighted by Crippen LogP contribution is -2.52. The van der Waals surface area contributed by atoms with Gasteiger partial charge in [0.05, 0.1) is 36.3 Å². The van der Waals surface area contributed by atoms with Crippen LogP contribution in [0.3, 0.4) is 0 Å². The first-order valence-corrected chi connectivity index (χ1v) is 22.1. The number of hydrogen-bond acceptors (Lipinski definition) is 24. The minimum atomic E-state index is -2.87. The van der Waals surface area contributed by atoms with Crippen molar-refractivity contribution in [3.05, 3.63) is 69.9 Å². The van der Waals surface area contributed by atoms with Crippen LogP contribution in [0, 0.1) is 0 Å². The monoisotopic (exact) mass is 1120 g/mol. The van der Waals surface area contributed by atoms with Crippen LogP contribution in [-0.2, 0) is 0 Å². The predicted octanol–water partition coefficient (Wildman–Crippen LogP) is -9.28. The van der Waals surface area contributed by atoms with Crippen molar-refractivity contribution in [2.45, 2.75) is 165 Å². The van der Waals surface area contributed by atoms with Gasteiger partial charge in [-0.15, -0.1) is 0 Å². The van der Waals surface area contributed by atoms with Crippen molar-refractivity contribution >= 4 is 0 Å². The molecule has 0 bridgehead atoms. The zero-order valence-electron chi connectivity index (χ0n) is 39.1. The van der Waals surface area contributed by atoms with Crippen molar-refractivity contribution in [2.75, 3.05) is 20.0 Å². The minimum absolute atomic E-state index is 0.0281. The van der Waals surface area contributed by atoms with Gasteiger partial charge in [-0.3, -0.25) is 0 Å². The number of hydrogen-bond donors (Lipinski definition) is 24. The first kappa shape index (κ1) is 69.9. The van der Waals surface area contributed by atoms with E-state index in [0.717, 1.165) is 18.2 Å². The highest BCUT2D eigenvalue weighted by atomic mass is 19.3. The lowest BCUT2D eigenvalue weighted by atomic mass is 9.89. The fourth-order valence-electron chi connectivity index (χ4n) is 7.30. The molecule has 6 aliphatic rings. The van der Waals surface area contributed by atoms with Crippen LogP contribution >= 0.6 is 0 Å². The van der Waals surface area contributed by atoms with Gasteiger partial charge < -0.3 is 126 Å². The number of nitrogens with two attached hydrogens (primary N) is 6. The molecular formula is C42H69F9N6O18. The van der Waals surface area contributed by atoms with Gasteiger partial charge in [-0.1, -0.05) is 36.5 Å². The second-order valence-electron chi connectivity index (χ2n) is 17.5. The summed E-state index contributed by atoms with van der Waals surface area (Å²) in [5.74, 6) is 0. The first-order valence-electron chi connectivity index (χ1n) is 22.1. The lowest BCUT2D eigenvalue weighted by molar-refractivity contribution is -0.0656. The van der Waals surface area contributed by atoms with Crippen LogP contribution in [0.1, 0.15) is 0 Å². The Morgan fingerprint density at radius 2 is 0.413 bits per heavy atom. The van der Waals surface area contributed by atoms with Gasteiger partial charge in [-0.25, -0.2) is 39.5 Å². The molecule has 0 amide bonds. The quantitative estimate of drug-likeness (QED) is 0.0867. The van der Waals surface area contributed by atoms with Crippen molar-refractivity contribution in [1.29, 1.82) is 0 Å². The molecule has 0 aromatic rings. The van der Waals surface area contributed by atoms with Gasteiger partial charge in [0.1, 0.15) is 130 Å². The molecule has 0 fully saturated rings. The van der Waals surface area contributed by atoms with E-state index in [-0.39, 0.29) is 16.7 Å². The Hall–Kier alpha value is -3.15. The van der Waals surface area contributed by atoms with Gasteiger partial charge in [0.2, 0.25) is 0 Å². The molecule has 0 saturated heterocycles. The van der Waals surface area contributed by atoms with Crippen molar-refractivity contribution in [3.8, 4) is 0 Å². The van der Waals surface area contributed by atoms with Crippen molar-refractivity contribution in [3.63, 3.8) is 0 Å². The van der Waals surface area contributed by atoms with Gasteiger partial charge in [0.15, 0.2) is 0 Å². The highest BCUT2D eigenvalue weighted by Gasteiger charge is 2.42. The average molecular weight is 1120 g/mol. The highest BCUT2D eigenvalue weighted by Crippen LogP contribution is 2.27. The summed E-state index contributed by atoms with van der Waals surface area (Å²) < 4.78 is 109. The smallest absolute Gasteiger partial charge is 0.262 e. The maximum Gasteiger partial charge on any atom is 0.262 e. The fraction of sp³-hybridized carbons (Fsp3) is 0.714. The molecule has 33 heteroatoms. The molecule has 0 aliphatic heterocycles. The fourth-order valence-corrected chi connectivity index (χ4v) is 7.30. The van der Waals surface area contributed by atoms with E-state index in [9.17, 15) is 39.5 Å². The van der Waals surface area contributed by atoms with Gasteiger partial charge in [0.25, 0.3) is 19.3 Å². The van der Waals surface area contributed by atoms with E-state index in [2.05, 4.69) is 0 Å². The molecule has 0 spiro atoms. The van der Waals surface area contributed by atoms with Crippen molar-refractivity contribution < 1.29 is 131 Å². The molecule has 0 aromatic heterocycles. The molecule has 2 unspecified atom stereocenters. The van der Waals surface area contributed by atoms with E-state index < -0.39 is 202 Å². The van der Waals surface area contributed by atoms with Crippen LogP contribution < -0.4 is 34.4 Å².